The summed E-state index contributed by atoms with van der Waals surface area (Å²) in [5.41, 5.74) is 1.57. The Morgan fingerprint density at radius 1 is 1.22 bits per heavy atom. The molecule has 1 unspecified atom stereocenters. The third-order valence-electron chi connectivity index (χ3n) is 5.44. The Hall–Kier alpha value is -2.91. The maximum atomic E-state index is 12.9. The van der Waals surface area contributed by atoms with Crippen LogP contribution in [0.5, 0.6) is 11.5 Å². The number of methoxy groups -OCH3 is 2. The number of carbonyl (C=O) groups is 1. The predicted octanol–water partition coefficient (Wildman–Crippen LogP) is 4.37. The molecule has 1 aliphatic rings. The molecule has 1 aromatic heterocycles. The lowest BCUT2D eigenvalue weighted by Crippen LogP contribution is -2.40. The number of ether oxygens (including phenoxy) is 2. The molecule has 9 heteroatoms. The molecule has 1 aliphatic heterocycles. The van der Waals surface area contributed by atoms with E-state index in [1.807, 2.05) is 30.3 Å². The molecule has 3 aromatic rings. The maximum Gasteiger partial charge on any atom is 0.241 e. The number of nitrogens with one attached hydrogen (secondary N) is 1. The molecule has 2 heterocycles. The number of carbonyl (C=O) groups excluding carboxylic acids is 1. The largest absolute Gasteiger partial charge is 0.493 e. The van der Waals surface area contributed by atoms with E-state index in [4.69, 9.17) is 14.0 Å². The highest BCUT2D eigenvalue weighted by Crippen LogP contribution is 2.30. The van der Waals surface area contributed by atoms with E-state index in [1.54, 1.807) is 26.4 Å². The summed E-state index contributed by atoms with van der Waals surface area (Å²) < 4.78 is 17.0. The van der Waals surface area contributed by atoms with Gasteiger partial charge in [-0.15, -0.1) is 0 Å². The van der Waals surface area contributed by atoms with Gasteiger partial charge >= 0.3 is 0 Å². The lowest BCUT2D eigenvalue weighted by molar-refractivity contribution is -0.121. The Morgan fingerprint density at radius 2 is 2.06 bits per heavy atom. The predicted molar refractivity (Wildman–Crippen MR) is 124 cm³/mol. The highest BCUT2D eigenvalue weighted by atomic mass is 79.9. The molecule has 1 fully saturated rings. The van der Waals surface area contributed by atoms with Gasteiger partial charge in [-0.2, -0.15) is 4.98 Å². The molecule has 168 valence electrons. The molecular weight excluding hydrogens is 476 g/mol. The third-order valence-corrected chi connectivity index (χ3v) is 5.93. The number of hydrogen-bond acceptors (Lipinski definition) is 7. The van der Waals surface area contributed by atoms with E-state index in [1.165, 1.54) is 0 Å². The Balaban J connectivity index is 1.37. The molecule has 1 atom stereocenters. The number of piperidine rings is 1. The van der Waals surface area contributed by atoms with Crippen LogP contribution in [0.15, 0.2) is 51.5 Å². The van der Waals surface area contributed by atoms with Crippen molar-refractivity contribution in [3.8, 4) is 22.9 Å². The molecule has 1 N–H and O–H groups in total. The summed E-state index contributed by atoms with van der Waals surface area (Å²) in [6.45, 7) is 2.03. The first kappa shape index (κ1) is 22.3. The van der Waals surface area contributed by atoms with Gasteiger partial charge in [-0.25, -0.2) is 0 Å². The monoisotopic (exact) mass is 500 g/mol. The quantitative estimate of drug-likeness (QED) is 0.515. The van der Waals surface area contributed by atoms with E-state index < -0.39 is 0 Å². The average molecular weight is 501 g/mol. The summed E-state index contributed by atoms with van der Waals surface area (Å²) in [7, 11) is 3.15. The minimum absolute atomic E-state index is 0.0118. The maximum absolute atomic E-state index is 12.9. The summed E-state index contributed by atoms with van der Waals surface area (Å²) in [5, 5.41) is 7.09. The number of likely N-dealkylation sites (tertiary alicyclic amines) is 1. The van der Waals surface area contributed by atoms with Crippen molar-refractivity contribution in [2.75, 3.05) is 32.6 Å². The van der Waals surface area contributed by atoms with Gasteiger partial charge in [-0.1, -0.05) is 33.2 Å². The Kier molecular flexibility index (Phi) is 7.06. The number of benzene rings is 2. The van der Waals surface area contributed by atoms with Gasteiger partial charge in [0.15, 0.2) is 11.5 Å². The summed E-state index contributed by atoms with van der Waals surface area (Å²) in [5.74, 6) is 2.16. The normalized spacial score (nSPS) is 16.5. The van der Waals surface area contributed by atoms with Crippen LogP contribution in [0.1, 0.15) is 18.7 Å². The smallest absolute Gasteiger partial charge is 0.241 e. The second-order valence-corrected chi connectivity index (χ2v) is 8.57. The molecule has 1 amide bonds. The van der Waals surface area contributed by atoms with Gasteiger partial charge in [-0.05, 0) is 43.7 Å². The van der Waals surface area contributed by atoms with Crippen molar-refractivity contribution < 1.29 is 18.8 Å². The Morgan fingerprint density at radius 3 is 2.84 bits per heavy atom. The van der Waals surface area contributed by atoms with Gasteiger partial charge < -0.3 is 19.3 Å². The summed E-state index contributed by atoms with van der Waals surface area (Å²) >= 11 is 3.46. The van der Waals surface area contributed by atoms with Crippen LogP contribution in [0.4, 0.5) is 5.69 Å². The van der Waals surface area contributed by atoms with Crippen molar-refractivity contribution in [2.24, 2.45) is 5.92 Å². The number of hydrogen-bond donors (Lipinski definition) is 1. The summed E-state index contributed by atoms with van der Waals surface area (Å²) in [6, 6.07) is 13.1. The van der Waals surface area contributed by atoms with Gasteiger partial charge in [0, 0.05) is 28.3 Å². The molecule has 1 saturated heterocycles. The van der Waals surface area contributed by atoms with Crippen molar-refractivity contribution in [2.45, 2.75) is 19.4 Å². The van der Waals surface area contributed by atoms with Crippen LogP contribution in [-0.2, 0) is 11.3 Å². The average Bonchev–Trinajstić information content (AvgIpc) is 3.27. The highest BCUT2D eigenvalue weighted by Gasteiger charge is 2.27. The van der Waals surface area contributed by atoms with Crippen molar-refractivity contribution in [3.05, 3.63) is 52.8 Å². The van der Waals surface area contributed by atoms with E-state index in [0.717, 1.165) is 29.4 Å². The number of rotatable bonds is 7. The molecule has 0 radical (unpaired) electrons. The van der Waals surface area contributed by atoms with Crippen LogP contribution in [-0.4, -0.2) is 48.3 Å². The van der Waals surface area contributed by atoms with Crippen LogP contribution >= 0.6 is 15.9 Å². The summed E-state index contributed by atoms with van der Waals surface area (Å²) in [6.07, 6.45) is 1.76. The molecule has 0 spiro atoms. The van der Waals surface area contributed by atoms with E-state index in [-0.39, 0.29) is 11.8 Å². The molecule has 0 bridgehead atoms. The zero-order chi connectivity index (χ0) is 22.5. The van der Waals surface area contributed by atoms with Gasteiger partial charge in [0.2, 0.25) is 17.6 Å². The zero-order valence-electron chi connectivity index (χ0n) is 18.0. The number of nitrogens with zero attached hydrogens (tertiary/aromatic N) is 3. The first-order valence-electron chi connectivity index (χ1n) is 10.4. The molecule has 8 nitrogen and oxygen atoms in total. The lowest BCUT2D eigenvalue weighted by Gasteiger charge is -2.30. The topological polar surface area (TPSA) is 89.7 Å². The van der Waals surface area contributed by atoms with Crippen LogP contribution in [0.25, 0.3) is 11.4 Å². The van der Waals surface area contributed by atoms with E-state index >= 15 is 0 Å². The molecule has 0 aliphatic carbocycles. The molecule has 4 rings (SSSR count). The molecular formula is C23H25BrN4O4. The Bertz CT molecular complexity index is 1090. The SMILES string of the molecule is COc1ccc(NC(=O)C2CCCN(Cc3nc(-c4cccc(Br)c4)no3)C2)cc1OC. The first-order valence-corrected chi connectivity index (χ1v) is 11.2. The van der Waals surface area contributed by atoms with Crippen LogP contribution in [0.3, 0.4) is 0 Å². The van der Waals surface area contributed by atoms with Crippen molar-refractivity contribution >= 4 is 27.5 Å². The second-order valence-electron chi connectivity index (χ2n) is 7.66. The standard InChI is InChI=1S/C23H25BrN4O4/c1-30-19-9-8-18(12-20(19)31-2)25-23(29)16-6-4-10-28(13-16)14-21-26-22(27-32-21)15-5-3-7-17(24)11-15/h3,5,7-9,11-12,16H,4,6,10,13-14H2,1-2H3,(H,25,29). The molecule has 2 aromatic carbocycles. The number of aromatic nitrogens is 2. The fourth-order valence-corrected chi connectivity index (χ4v) is 4.23. The molecule has 32 heavy (non-hydrogen) atoms. The minimum Gasteiger partial charge on any atom is -0.493 e. The van der Waals surface area contributed by atoms with E-state index in [2.05, 4.69) is 36.3 Å². The lowest BCUT2D eigenvalue weighted by atomic mass is 9.97. The van der Waals surface area contributed by atoms with Gasteiger partial charge in [0.1, 0.15) is 0 Å². The van der Waals surface area contributed by atoms with Gasteiger partial charge in [-0.3, -0.25) is 9.69 Å². The number of halogens is 1. The number of anilines is 1. The zero-order valence-corrected chi connectivity index (χ0v) is 19.6. The fourth-order valence-electron chi connectivity index (χ4n) is 3.83. The molecule has 0 saturated carbocycles. The van der Waals surface area contributed by atoms with E-state index in [9.17, 15) is 4.79 Å². The van der Waals surface area contributed by atoms with Crippen molar-refractivity contribution in [1.82, 2.24) is 15.0 Å². The number of amides is 1. The summed E-state index contributed by atoms with van der Waals surface area (Å²) in [4.78, 5) is 19.6. The van der Waals surface area contributed by atoms with Gasteiger partial charge in [0.25, 0.3) is 0 Å². The van der Waals surface area contributed by atoms with E-state index in [0.29, 0.717) is 42.0 Å². The third kappa shape index (κ3) is 5.28. The van der Waals surface area contributed by atoms with Crippen LogP contribution < -0.4 is 14.8 Å². The second kappa shape index (κ2) is 10.1. The van der Waals surface area contributed by atoms with Crippen LogP contribution in [0, 0.1) is 5.92 Å². The van der Waals surface area contributed by atoms with Crippen molar-refractivity contribution in [1.29, 1.82) is 0 Å². The highest BCUT2D eigenvalue weighted by molar-refractivity contribution is 9.10. The fraction of sp³-hybridized carbons (Fsp3) is 0.348. The minimum atomic E-state index is -0.121. The first-order chi connectivity index (χ1) is 15.6. The van der Waals surface area contributed by atoms with Crippen LogP contribution in [0.2, 0.25) is 0 Å². The van der Waals surface area contributed by atoms with Crippen molar-refractivity contribution in [3.63, 3.8) is 0 Å². The Labute approximate surface area is 195 Å². The van der Waals surface area contributed by atoms with Gasteiger partial charge in [0.05, 0.1) is 26.7 Å².